The van der Waals surface area contributed by atoms with Crippen LogP contribution >= 0.6 is 39.7 Å². The van der Waals surface area contributed by atoms with Gasteiger partial charge in [-0.3, -0.25) is 5.10 Å². The Labute approximate surface area is 179 Å². The Morgan fingerprint density at radius 3 is 2.79 bits per heavy atom. The zero-order valence-corrected chi connectivity index (χ0v) is 18.2. The number of aromatic nitrogens is 3. The van der Waals surface area contributed by atoms with E-state index >= 15 is 0 Å². The lowest BCUT2D eigenvalue weighted by molar-refractivity contribution is 0.281. The molecule has 28 heavy (non-hydrogen) atoms. The van der Waals surface area contributed by atoms with Crippen molar-refractivity contribution in [2.45, 2.75) is 20.1 Å². The first-order valence-electron chi connectivity index (χ1n) is 8.20. The van der Waals surface area contributed by atoms with Gasteiger partial charge in [-0.15, -0.1) is 0 Å². The lowest BCUT2D eigenvalue weighted by atomic mass is 10.1. The van der Waals surface area contributed by atoms with Gasteiger partial charge < -0.3 is 14.9 Å². The van der Waals surface area contributed by atoms with E-state index in [1.165, 1.54) is 12.1 Å². The van der Waals surface area contributed by atoms with Crippen LogP contribution in [0.5, 0.6) is 11.5 Å². The molecular weight excluding hydrogens is 471 g/mol. The third kappa shape index (κ3) is 4.48. The maximum absolute atomic E-state index is 13.3. The summed E-state index contributed by atoms with van der Waals surface area (Å²) in [4.78, 5) is 0. The third-order valence-corrected chi connectivity index (χ3v) is 5.40. The van der Waals surface area contributed by atoms with Gasteiger partial charge in [0.2, 0.25) is 4.77 Å². The van der Waals surface area contributed by atoms with E-state index in [1.807, 2.05) is 13.0 Å². The summed E-state index contributed by atoms with van der Waals surface area (Å²) in [6, 6.07) is 7.85. The predicted octanol–water partition coefficient (Wildman–Crippen LogP) is 5.14. The molecule has 0 atom stereocenters. The maximum atomic E-state index is 13.3. The minimum absolute atomic E-state index is 0.156. The average Bonchev–Trinajstić information content (AvgIpc) is 2.98. The summed E-state index contributed by atoms with van der Waals surface area (Å²) in [5.74, 6) is 1.40. The van der Waals surface area contributed by atoms with Gasteiger partial charge in [0.05, 0.1) is 18.7 Å². The summed E-state index contributed by atoms with van der Waals surface area (Å²) < 4.78 is 27.7. The highest BCUT2D eigenvalue weighted by atomic mass is 79.9. The Morgan fingerprint density at radius 1 is 1.36 bits per heavy atom. The highest BCUT2D eigenvalue weighted by Gasteiger charge is 2.16. The fourth-order valence-corrected chi connectivity index (χ4v) is 3.49. The second-order valence-electron chi connectivity index (χ2n) is 5.83. The molecule has 0 bridgehead atoms. The van der Waals surface area contributed by atoms with Gasteiger partial charge in [0.15, 0.2) is 11.5 Å². The number of hydrogen-bond donors (Lipinski definition) is 2. The molecule has 10 heteroatoms. The number of aryl methyl sites for hydroxylation is 1. The Bertz CT molecular complexity index is 1060. The van der Waals surface area contributed by atoms with Crippen molar-refractivity contribution in [1.82, 2.24) is 14.9 Å². The number of nitrogens with one attached hydrogen (secondary N) is 2. The lowest BCUT2D eigenvalue weighted by Crippen LogP contribution is -2.17. The zero-order valence-electron chi connectivity index (χ0n) is 15.1. The number of hydrogen-bond acceptors (Lipinski definition) is 5. The average molecular weight is 488 g/mol. The van der Waals surface area contributed by atoms with Gasteiger partial charge in [-0.25, -0.2) is 9.07 Å². The predicted molar refractivity (Wildman–Crippen MR) is 112 cm³/mol. The van der Waals surface area contributed by atoms with Crippen LogP contribution in [0.25, 0.3) is 0 Å². The van der Waals surface area contributed by atoms with Gasteiger partial charge in [-0.2, -0.15) is 5.10 Å². The zero-order chi connectivity index (χ0) is 20.3. The summed E-state index contributed by atoms with van der Waals surface area (Å²) >= 11 is 14.9. The lowest BCUT2D eigenvalue weighted by Gasteiger charge is -2.18. The van der Waals surface area contributed by atoms with Crippen LogP contribution in [-0.4, -0.2) is 22.0 Å². The topological polar surface area (TPSA) is 64.1 Å². The second-order valence-corrected chi connectivity index (χ2v) is 7.48. The number of rotatable bonds is 7. The standard InChI is InChI=1S/C18H17BrClFN4O2S/c1-10-23-24-18(28)25(10)22-8-13-14(19)5-6-16(26-2)17(13)27-9-11-3-4-12(21)7-15(11)20/h3-7,22H,8-9H2,1-2H3,(H,24,28). The van der Waals surface area contributed by atoms with Crippen LogP contribution in [-0.2, 0) is 13.2 Å². The van der Waals surface area contributed by atoms with Crippen molar-refractivity contribution >= 4 is 39.7 Å². The van der Waals surface area contributed by atoms with Gasteiger partial charge in [0.1, 0.15) is 18.2 Å². The molecule has 0 saturated heterocycles. The quantitative estimate of drug-likeness (QED) is 0.452. The second kappa shape index (κ2) is 8.93. The van der Waals surface area contributed by atoms with E-state index in [-0.39, 0.29) is 6.61 Å². The van der Waals surface area contributed by atoms with Crippen LogP contribution in [0, 0.1) is 17.5 Å². The largest absolute Gasteiger partial charge is 0.493 e. The fourth-order valence-electron chi connectivity index (χ4n) is 2.57. The number of H-pyrrole nitrogens is 1. The van der Waals surface area contributed by atoms with E-state index in [2.05, 4.69) is 31.6 Å². The Balaban J connectivity index is 1.88. The van der Waals surface area contributed by atoms with Gasteiger partial charge in [0, 0.05) is 15.6 Å². The van der Waals surface area contributed by atoms with Crippen LogP contribution in [0.1, 0.15) is 17.0 Å². The molecule has 0 aliphatic rings. The van der Waals surface area contributed by atoms with Crippen molar-refractivity contribution in [3.8, 4) is 11.5 Å². The van der Waals surface area contributed by atoms with Crippen LogP contribution in [0.15, 0.2) is 34.8 Å². The molecular formula is C18H17BrClFN4O2S. The Morgan fingerprint density at radius 2 is 2.14 bits per heavy atom. The molecule has 0 aliphatic carbocycles. The van der Waals surface area contributed by atoms with E-state index < -0.39 is 5.82 Å². The number of ether oxygens (including phenoxy) is 2. The molecule has 0 fully saturated rings. The summed E-state index contributed by atoms with van der Waals surface area (Å²) in [6.45, 7) is 2.37. The molecule has 1 aromatic heterocycles. The smallest absolute Gasteiger partial charge is 0.214 e. The van der Waals surface area contributed by atoms with E-state index in [0.717, 1.165) is 10.0 Å². The van der Waals surface area contributed by atoms with Crippen LogP contribution in [0.3, 0.4) is 0 Å². The van der Waals surface area contributed by atoms with Crippen LogP contribution < -0.4 is 14.9 Å². The van der Waals surface area contributed by atoms with Crippen LogP contribution in [0.2, 0.25) is 5.02 Å². The molecule has 3 aromatic rings. The fraction of sp³-hybridized carbons (Fsp3) is 0.222. The maximum Gasteiger partial charge on any atom is 0.214 e. The molecule has 1 heterocycles. The molecule has 0 amide bonds. The first kappa shape index (κ1) is 20.6. The van der Waals surface area contributed by atoms with Crippen molar-refractivity contribution in [2.24, 2.45) is 0 Å². The first-order valence-corrected chi connectivity index (χ1v) is 9.78. The van der Waals surface area contributed by atoms with Crippen molar-refractivity contribution in [2.75, 3.05) is 12.5 Å². The molecule has 2 aromatic carbocycles. The number of methoxy groups -OCH3 is 1. The Hall–Kier alpha value is -2.10. The molecule has 0 aliphatic heterocycles. The van der Waals surface area contributed by atoms with E-state index in [4.69, 9.17) is 33.3 Å². The number of halogens is 3. The normalized spacial score (nSPS) is 10.8. The van der Waals surface area contributed by atoms with Crippen molar-refractivity contribution in [1.29, 1.82) is 0 Å². The van der Waals surface area contributed by atoms with E-state index in [1.54, 1.807) is 23.9 Å². The molecule has 0 spiro atoms. The van der Waals surface area contributed by atoms with E-state index in [0.29, 0.717) is 39.2 Å². The number of aromatic amines is 1. The summed E-state index contributed by atoms with van der Waals surface area (Å²) in [5.41, 5.74) is 4.69. The van der Waals surface area contributed by atoms with Crippen molar-refractivity contribution in [3.05, 3.63) is 67.4 Å². The summed E-state index contributed by atoms with van der Waals surface area (Å²) in [5, 5.41) is 7.09. The SMILES string of the molecule is COc1ccc(Br)c(CNn2c(C)n[nH]c2=S)c1OCc1ccc(F)cc1Cl. The number of nitrogens with zero attached hydrogens (tertiary/aromatic N) is 2. The first-order chi connectivity index (χ1) is 13.4. The van der Waals surface area contributed by atoms with Gasteiger partial charge in [-0.1, -0.05) is 33.6 Å². The van der Waals surface area contributed by atoms with Crippen molar-refractivity contribution < 1.29 is 13.9 Å². The van der Waals surface area contributed by atoms with Crippen LogP contribution in [0.4, 0.5) is 4.39 Å². The Kier molecular flexibility index (Phi) is 6.58. The summed E-state index contributed by atoms with van der Waals surface area (Å²) in [6.07, 6.45) is 0. The minimum atomic E-state index is -0.397. The molecule has 148 valence electrons. The third-order valence-electron chi connectivity index (χ3n) is 4.03. The molecule has 0 saturated carbocycles. The number of benzene rings is 2. The molecule has 0 radical (unpaired) electrons. The highest BCUT2D eigenvalue weighted by Crippen LogP contribution is 2.37. The monoisotopic (exact) mass is 486 g/mol. The highest BCUT2D eigenvalue weighted by molar-refractivity contribution is 9.10. The molecule has 0 unspecified atom stereocenters. The molecule has 2 N–H and O–H groups in total. The molecule has 6 nitrogen and oxygen atoms in total. The summed E-state index contributed by atoms with van der Waals surface area (Å²) in [7, 11) is 1.56. The van der Waals surface area contributed by atoms with E-state index in [9.17, 15) is 4.39 Å². The molecule has 3 rings (SSSR count). The van der Waals surface area contributed by atoms with Gasteiger partial charge in [0.25, 0.3) is 0 Å². The minimum Gasteiger partial charge on any atom is -0.493 e. The van der Waals surface area contributed by atoms with Gasteiger partial charge >= 0.3 is 0 Å². The van der Waals surface area contributed by atoms with Gasteiger partial charge in [-0.05, 0) is 43.4 Å². The van der Waals surface area contributed by atoms with Crippen molar-refractivity contribution in [3.63, 3.8) is 0 Å².